The maximum Gasteiger partial charge on any atom is 0.278 e. The molecule has 0 unspecified atom stereocenters. The molecule has 7 heteroatoms. The van der Waals surface area contributed by atoms with E-state index in [4.69, 9.17) is 4.74 Å². The number of carbonyl (C=O) groups is 2. The van der Waals surface area contributed by atoms with E-state index < -0.39 is 0 Å². The van der Waals surface area contributed by atoms with Gasteiger partial charge in [-0.05, 0) is 50.7 Å². The molecular weight excluding hydrogens is 392 g/mol. The van der Waals surface area contributed by atoms with Crippen molar-refractivity contribution in [2.24, 2.45) is 0 Å². The van der Waals surface area contributed by atoms with Crippen molar-refractivity contribution in [2.45, 2.75) is 26.5 Å². The van der Waals surface area contributed by atoms with Gasteiger partial charge in [0.2, 0.25) is 0 Å². The van der Waals surface area contributed by atoms with Gasteiger partial charge in [-0.1, -0.05) is 18.2 Å². The third kappa shape index (κ3) is 4.46. The summed E-state index contributed by atoms with van der Waals surface area (Å²) >= 11 is 0. The van der Waals surface area contributed by atoms with Crippen molar-refractivity contribution in [1.82, 2.24) is 19.7 Å². The molecule has 0 atom stereocenters. The molecule has 0 aliphatic carbocycles. The molecule has 0 N–H and O–H groups in total. The van der Waals surface area contributed by atoms with Gasteiger partial charge < -0.3 is 14.5 Å². The van der Waals surface area contributed by atoms with Gasteiger partial charge in [0.1, 0.15) is 11.4 Å². The number of carbonyl (C=O) groups excluding carboxylic acids is 2. The second-order valence-corrected chi connectivity index (χ2v) is 8.22. The van der Waals surface area contributed by atoms with E-state index in [1.807, 2.05) is 61.2 Å². The molecule has 0 radical (unpaired) electrons. The lowest BCUT2D eigenvalue weighted by atomic mass is 10.0. The number of hydrogen-bond acceptors (Lipinski definition) is 6. The standard InChI is InChI=1S/C24H28N4O3/c1-17(2)31-20-9-7-18(8-10-20)21-22(27-14-12-26(3)13-15-27)24(30)28(23(21)29)16-19-6-4-5-11-25-19/h4-11,17H,12-16H2,1-3H3. The van der Waals surface area contributed by atoms with E-state index in [0.717, 1.165) is 24.4 Å². The van der Waals surface area contributed by atoms with Crippen LogP contribution in [0.15, 0.2) is 54.4 Å². The van der Waals surface area contributed by atoms with Crippen LogP contribution in [-0.4, -0.2) is 70.8 Å². The average Bonchev–Trinajstić information content (AvgIpc) is 3.00. The van der Waals surface area contributed by atoms with Crippen LogP contribution in [0.4, 0.5) is 0 Å². The van der Waals surface area contributed by atoms with Crippen molar-refractivity contribution >= 4 is 17.4 Å². The van der Waals surface area contributed by atoms with Gasteiger partial charge in [-0.2, -0.15) is 0 Å². The number of likely N-dealkylation sites (N-methyl/N-ethyl adjacent to an activating group) is 1. The highest BCUT2D eigenvalue weighted by Gasteiger charge is 2.42. The lowest BCUT2D eigenvalue weighted by Gasteiger charge is -2.34. The molecule has 31 heavy (non-hydrogen) atoms. The van der Waals surface area contributed by atoms with E-state index in [1.54, 1.807) is 6.20 Å². The average molecular weight is 421 g/mol. The predicted molar refractivity (Wildman–Crippen MR) is 118 cm³/mol. The van der Waals surface area contributed by atoms with Crippen molar-refractivity contribution < 1.29 is 14.3 Å². The van der Waals surface area contributed by atoms with Gasteiger partial charge in [-0.3, -0.25) is 19.5 Å². The normalized spacial score (nSPS) is 17.8. The molecule has 1 aromatic carbocycles. The molecule has 2 aliphatic rings. The van der Waals surface area contributed by atoms with E-state index >= 15 is 0 Å². The van der Waals surface area contributed by atoms with Crippen LogP contribution in [0.3, 0.4) is 0 Å². The summed E-state index contributed by atoms with van der Waals surface area (Å²) in [6, 6.07) is 12.9. The van der Waals surface area contributed by atoms with Gasteiger partial charge in [-0.15, -0.1) is 0 Å². The number of nitrogens with zero attached hydrogens (tertiary/aromatic N) is 4. The molecule has 2 amide bonds. The monoisotopic (exact) mass is 420 g/mol. The van der Waals surface area contributed by atoms with Crippen LogP contribution >= 0.6 is 0 Å². The first-order chi connectivity index (χ1) is 14.9. The third-order valence-corrected chi connectivity index (χ3v) is 5.52. The fourth-order valence-corrected chi connectivity index (χ4v) is 3.92. The van der Waals surface area contributed by atoms with E-state index in [9.17, 15) is 9.59 Å². The molecule has 3 heterocycles. The summed E-state index contributed by atoms with van der Waals surface area (Å²) in [4.78, 5) is 36.8. The summed E-state index contributed by atoms with van der Waals surface area (Å²) in [6.45, 7) is 7.21. The summed E-state index contributed by atoms with van der Waals surface area (Å²) in [6.07, 6.45) is 1.73. The first-order valence-electron chi connectivity index (χ1n) is 10.6. The summed E-state index contributed by atoms with van der Waals surface area (Å²) in [7, 11) is 2.06. The predicted octanol–water partition coefficient (Wildman–Crippen LogP) is 2.40. The van der Waals surface area contributed by atoms with Crippen LogP contribution in [0.1, 0.15) is 25.1 Å². The van der Waals surface area contributed by atoms with Crippen LogP contribution in [0, 0.1) is 0 Å². The Labute approximate surface area is 182 Å². The topological polar surface area (TPSA) is 66.0 Å². The van der Waals surface area contributed by atoms with Crippen molar-refractivity contribution in [3.63, 3.8) is 0 Å². The molecule has 2 aliphatic heterocycles. The molecule has 7 nitrogen and oxygen atoms in total. The van der Waals surface area contributed by atoms with Crippen LogP contribution in [0.5, 0.6) is 5.75 Å². The Morgan fingerprint density at radius 1 is 0.968 bits per heavy atom. The van der Waals surface area contributed by atoms with Gasteiger partial charge in [0.15, 0.2) is 0 Å². The summed E-state index contributed by atoms with van der Waals surface area (Å²) in [5, 5.41) is 0. The highest BCUT2D eigenvalue weighted by Crippen LogP contribution is 2.33. The number of imide groups is 1. The molecule has 4 rings (SSSR count). The van der Waals surface area contributed by atoms with Crippen LogP contribution < -0.4 is 4.74 Å². The van der Waals surface area contributed by atoms with Crippen LogP contribution in [0.2, 0.25) is 0 Å². The van der Waals surface area contributed by atoms with Gasteiger partial charge in [0.25, 0.3) is 11.8 Å². The minimum atomic E-state index is -0.276. The largest absolute Gasteiger partial charge is 0.491 e. The Kier molecular flexibility index (Phi) is 6.04. The van der Waals surface area contributed by atoms with Gasteiger partial charge in [-0.25, -0.2) is 0 Å². The molecule has 1 aromatic heterocycles. The highest BCUT2D eigenvalue weighted by molar-refractivity contribution is 6.35. The van der Waals surface area contributed by atoms with E-state index in [0.29, 0.717) is 30.1 Å². The van der Waals surface area contributed by atoms with Crippen LogP contribution in [-0.2, 0) is 16.1 Å². The maximum atomic E-state index is 13.5. The Bertz CT molecular complexity index is 978. The summed E-state index contributed by atoms with van der Waals surface area (Å²) < 4.78 is 5.73. The Balaban J connectivity index is 1.69. The fourth-order valence-electron chi connectivity index (χ4n) is 3.92. The minimum Gasteiger partial charge on any atom is -0.491 e. The van der Waals surface area contributed by atoms with E-state index in [1.165, 1.54) is 4.90 Å². The first-order valence-corrected chi connectivity index (χ1v) is 10.6. The Hall–Kier alpha value is -3.19. The number of amides is 2. The van der Waals surface area contributed by atoms with E-state index in [2.05, 4.69) is 16.9 Å². The fraction of sp³-hybridized carbons (Fsp3) is 0.375. The van der Waals surface area contributed by atoms with Crippen molar-refractivity contribution in [2.75, 3.05) is 33.2 Å². The summed E-state index contributed by atoms with van der Waals surface area (Å²) in [5.74, 6) is 0.211. The lowest BCUT2D eigenvalue weighted by Crippen LogP contribution is -2.46. The molecule has 0 saturated carbocycles. The van der Waals surface area contributed by atoms with Gasteiger partial charge >= 0.3 is 0 Å². The number of piperazine rings is 1. The zero-order valence-electron chi connectivity index (χ0n) is 18.2. The number of benzene rings is 1. The van der Waals surface area contributed by atoms with Crippen molar-refractivity contribution in [3.05, 3.63) is 65.6 Å². The number of rotatable bonds is 6. The molecule has 162 valence electrons. The Morgan fingerprint density at radius 2 is 1.68 bits per heavy atom. The van der Waals surface area contributed by atoms with E-state index in [-0.39, 0.29) is 24.5 Å². The van der Waals surface area contributed by atoms with Crippen molar-refractivity contribution in [1.29, 1.82) is 0 Å². The molecule has 0 bridgehead atoms. The molecule has 0 spiro atoms. The number of pyridine rings is 1. The quantitative estimate of drug-likeness (QED) is 0.669. The zero-order valence-corrected chi connectivity index (χ0v) is 18.2. The minimum absolute atomic E-state index is 0.0644. The second kappa shape index (κ2) is 8.89. The number of ether oxygens (including phenoxy) is 1. The number of hydrogen-bond donors (Lipinski definition) is 0. The number of aromatic nitrogens is 1. The lowest BCUT2D eigenvalue weighted by molar-refractivity contribution is -0.138. The zero-order chi connectivity index (χ0) is 22.0. The summed E-state index contributed by atoms with van der Waals surface area (Å²) in [5.41, 5.74) is 2.36. The Morgan fingerprint density at radius 3 is 2.29 bits per heavy atom. The van der Waals surface area contributed by atoms with Gasteiger partial charge in [0, 0.05) is 32.4 Å². The maximum absolute atomic E-state index is 13.5. The van der Waals surface area contributed by atoms with Crippen molar-refractivity contribution in [3.8, 4) is 5.75 Å². The molecule has 1 fully saturated rings. The molecule has 1 saturated heterocycles. The smallest absolute Gasteiger partial charge is 0.278 e. The van der Waals surface area contributed by atoms with Gasteiger partial charge in [0.05, 0.1) is 23.9 Å². The second-order valence-electron chi connectivity index (χ2n) is 8.22. The third-order valence-electron chi connectivity index (χ3n) is 5.52. The molecular formula is C24H28N4O3. The SMILES string of the molecule is CC(C)Oc1ccc(C2=C(N3CCN(C)CC3)C(=O)N(Cc3ccccn3)C2=O)cc1. The first kappa shape index (κ1) is 21.1. The van der Waals surface area contributed by atoms with Crippen LogP contribution in [0.25, 0.3) is 5.57 Å². The highest BCUT2D eigenvalue weighted by atomic mass is 16.5. The molecule has 2 aromatic rings.